The van der Waals surface area contributed by atoms with Crippen LogP contribution >= 0.6 is 0 Å². The van der Waals surface area contributed by atoms with Gasteiger partial charge in [0.15, 0.2) is 0 Å². The van der Waals surface area contributed by atoms with Crippen LogP contribution in [0.5, 0.6) is 0 Å². The second kappa shape index (κ2) is 5.36. The highest BCUT2D eigenvalue weighted by Gasteiger charge is 2.09. The van der Waals surface area contributed by atoms with Gasteiger partial charge >= 0.3 is 0 Å². The summed E-state index contributed by atoms with van der Waals surface area (Å²) in [6.45, 7) is 9.23. The van der Waals surface area contributed by atoms with Crippen molar-refractivity contribution in [1.82, 2.24) is 15.3 Å². The Kier molecular flexibility index (Phi) is 3.82. The van der Waals surface area contributed by atoms with Crippen LogP contribution < -0.4 is 5.32 Å². The standard InChI is InChI=1S/C15H21N3/c1-10(2)16-9-14-17-12(4)15(18-14)13-7-5-6-11(3)8-13/h5-8,10,16H,9H2,1-4H3,(H,17,18). The zero-order valence-corrected chi connectivity index (χ0v) is 11.5. The summed E-state index contributed by atoms with van der Waals surface area (Å²) in [6, 6.07) is 8.92. The van der Waals surface area contributed by atoms with Crippen LogP contribution in [0.15, 0.2) is 24.3 Å². The SMILES string of the molecule is Cc1cccc(-c2nc(CNC(C)C)[nH]c2C)c1. The molecule has 0 radical (unpaired) electrons. The molecule has 0 fully saturated rings. The Morgan fingerprint density at radius 1 is 1.28 bits per heavy atom. The molecule has 0 saturated heterocycles. The van der Waals surface area contributed by atoms with Crippen LogP contribution in [-0.2, 0) is 6.54 Å². The number of hydrogen-bond donors (Lipinski definition) is 2. The number of nitrogens with one attached hydrogen (secondary N) is 2. The first kappa shape index (κ1) is 12.8. The molecule has 3 heteroatoms. The van der Waals surface area contributed by atoms with Crippen molar-refractivity contribution in [2.24, 2.45) is 0 Å². The van der Waals surface area contributed by atoms with Gasteiger partial charge in [-0.2, -0.15) is 0 Å². The summed E-state index contributed by atoms with van der Waals surface area (Å²) in [6.07, 6.45) is 0. The van der Waals surface area contributed by atoms with Gasteiger partial charge in [0, 0.05) is 17.3 Å². The van der Waals surface area contributed by atoms with Crippen LogP contribution in [0.1, 0.15) is 30.9 Å². The average molecular weight is 243 g/mol. The molecule has 2 aromatic rings. The van der Waals surface area contributed by atoms with Crippen molar-refractivity contribution >= 4 is 0 Å². The number of imidazole rings is 1. The minimum atomic E-state index is 0.470. The lowest BCUT2D eigenvalue weighted by atomic mass is 10.1. The van der Waals surface area contributed by atoms with Crippen LogP contribution in [0.3, 0.4) is 0 Å². The predicted molar refractivity (Wildman–Crippen MR) is 75.5 cm³/mol. The first-order chi connectivity index (χ1) is 8.56. The number of rotatable bonds is 4. The molecular formula is C15H21N3. The Morgan fingerprint density at radius 3 is 2.72 bits per heavy atom. The first-order valence-corrected chi connectivity index (χ1v) is 6.42. The smallest absolute Gasteiger partial charge is 0.121 e. The van der Waals surface area contributed by atoms with Crippen molar-refractivity contribution in [2.45, 2.75) is 40.3 Å². The van der Waals surface area contributed by atoms with Crippen molar-refractivity contribution in [2.75, 3.05) is 0 Å². The molecule has 1 heterocycles. The molecule has 0 amide bonds. The fraction of sp³-hybridized carbons (Fsp3) is 0.400. The Morgan fingerprint density at radius 2 is 2.06 bits per heavy atom. The number of hydrogen-bond acceptors (Lipinski definition) is 2. The van der Waals surface area contributed by atoms with E-state index >= 15 is 0 Å². The molecule has 0 bridgehead atoms. The summed E-state index contributed by atoms with van der Waals surface area (Å²) in [7, 11) is 0. The maximum absolute atomic E-state index is 4.68. The largest absolute Gasteiger partial charge is 0.344 e. The zero-order valence-electron chi connectivity index (χ0n) is 11.5. The van der Waals surface area contributed by atoms with Crippen LogP contribution in [0.2, 0.25) is 0 Å². The lowest BCUT2D eigenvalue weighted by molar-refractivity contribution is 0.575. The van der Waals surface area contributed by atoms with E-state index in [1.54, 1.807) is 0 Å². The van der Waals surface area contributed by atoms with Crippen molar-refractivity contribution in [1.29, 1.82) is 0 Å². The van der Waals surface area contributed by atoms with E-state index in [2.05, 4.69) is 67.2 Å². The second-order valence-electron chi connectivity index (χ2n) is 5.06. The maximum atomic E-state index is 4.68. The maximum Gasteiger partial charge on any atom is 0.121 e. The van der Waals surface area contributed by atoms with E-state index in [9.17, 15) is 0 Å². The van der Waals surface area contributed by atoms with Gasteiger partial charge < -0.3 is 10.3 Å². The van der Waals surface area contributed by atoms with E-state index in [1.165, 1.54) is 11.1 Å². The van der Waals surface area contributed by atoms with Gasteiger partial charge in [-0.05, 0) is 19.9 Å². The summed E-state index contributed by atoms with van der Waals surface area (Å²) in [5, 5.41) is 3.37. The van der Waals surface area contributed by atoms with Crippen molar-refractivity contribution in [3.05, 3.63) is 41.3 Å². The van der Waals surface area contributed by atoms with Gasteiger partial charge in [-0.25, -0.2) is 4.98 Å². The third kappa shape index (κ3) is 2.99. The van der Waals surface area contributed by atoms with Gasteiger partial charge in [-0.3, -0.25) is 0 Å². The molecule has 2 N–H and O–H groups in total. The summed E-state index contributed by atoms with van der Waals surface area (Å²) < 4.78 is 0. The van der Waals surface area contributed by atoms with Gasteiger partial charge in [-0.15, -0.1) is 0 Å². The van der Waals surface area contributed by atoms with E-state index in [1.807, 2.05) is 0 Å². The molecule has 2 rings (SSSR count). The molecule has 0 atom stereocenters. The van der Waals surface area contributed by atoms with Gasteiger partial charge in [0.05, 0.1) is 12.2 Å². The van der Waals surface area contributed by atoms with E-state index in [0.29, 0.717) is 6.04 Å². The Labute approximate surface area is 109 Å². The fourth-order valence-electron chi connectivity index (χ4n) is 1.98. The van der Waals surface area contributed by atoms with Crippen LogP contribution in [-0.4, -0.2) is 16.0 Å². The van der Waals surface area contributed by atoms with Crippen molar-refractivity contribution in [3.63, 3.8) is 0 Å². The van der Waals surface area contributed by atoms with Gasteiger partial charge in [0.25, 0.3) is 0 Å². The summed E-state index contributed by atoms with van der Waals surface area (Å²) in [5.41, 5.74) is 4.62. The predicted octanol–water partition coefficient (Wildman–Crippen LogP) is 3.19. The van der Waals surface area contributed by atoms with Gasteiger partial charge in [0.2, 0.25) is 0 Å². The van der Waals surface area contributed by atoms with Gasteiger partial charge in [-0.1, -0.05) is 37.6 Å². The van der Waals surface area contributed by atoms with Crippen molar-refractivity contribution < 1.29 is 0 Å². The Balaban J connectivity index is 2.24. The molecule has 0 saturated carbocycles. The highest BCUT2D eigenvalue weighted by molar-refractivity contribution is 5.62. The molecule has 0 spiro atoms. The molecule has 18 heavy (non-hydrogen) atoms. The van der Waals surface area contributed by atoms with Crippen LogP contribution in [0.25, 0.3) is 11.3 Å². The van der Waals surface area contributed by atoms with E-state index in [0.717, 1.165) is 23.8 Å². The fourth-order valence-corrected chi connectivity index (χ4v) is 1.98. The number of aromatic nitrogens is 2. The van der Waals surface area contributed by atoms with Gasteiger partial charge in [0.1, 0.15) is 5.82 Å². The molecule has 3 nitrogen and oxygen atoms in total. The Bertz CT molecular complexity index is 526. The number of aryl methyl sites for hydroxylation is 2. The normalized spacial score (nSPS) is 11.2. The number of aromatic amines is 1. The molecule has 0 aliphatic rings. The lowest BCUT2D eigenvalue weighted by Gasteiger charge is -2.04. The number of benzene rings is 1. The van der Waals surface area contributed by atoms with Crippen LogP contribution in [0, 0.1) is 13.8 Å². The monoisotopic (exact) mass is 243 g/mol. The highest BCUT2D eigenvalue weighted by atomic mass is 15.0. The first-order valence-electron chi connectivity index (χ1n) is 6.42. The molecule has 1 aromatic carbocycles. The molecule has 96 valence electrons. The van der Waals surface area contributed by atoms with E-state index < -0.39 is 0 Å². The van der Waals surface area contributed by atoms with Crippen LogP contribution in [0.4, 0.5) is 0 Å². The molecule has 0 aliphatic carbocycles. The molecular weight excluding hydrogens is 222 g/mol. The second-order valence-corrected chi connectivity index (χ2v) is 5.06. The van der Waals surface area contributed by atoms with Crippen molar-refractivity contribution in [3.8, 4) is 11.3 Å². The Hall–Kier alpha value is -1.61. The summed E-state index contributed by atoms with van der Waals surface area (Å²) in [4.78, 5) is 8.02. The minimum Gasteiger partial charge on any atom is -0.344 e. The van der Waals surface area contributed by atoms with E-state index in [-0.39, 0.29) is 0 Å². The average Bonchev–Trinajstić information content (AvgIpc) is 2.68. The third-order valence-electron chi connectivity index (χ3n) is 2.90. The minimum absolute atomic E-state index is 0.470. The summed E-state index contributed by atoms with van der Waals surface area (Å²) in [5.74, 6) is 0.998. The number of nitrogens with zero attached hydrogens (tertiary/aromatic N) is 1. The molecule has 1 aromatic heterocycles. The van der Waals surface area contributed by atoms with E-state index in [4.69, 9.17) is 0 Å². The number of H-pyrrole nitrogens is 1. The molecule has 0 aliphatic heterocycles. The molecule has 0 unspecified atom stereocenters. The zero-order chi connectivity index (χ0) is 13.1. The topological polar surface area (TPSA) is 40.7 Å². The third-order valence-corrected chi connectivity index (χ3v) is 2.90. The lowest BCUT2D eigenvalue weighted by Crippen LogP contribution is -2.22. The summed E-state index contributed by atoms with van der Waals surface area (Å²) >= 11 is 0. The highest BCUT2D eigenvalue weighted by Crippen LogP contribution is 2.21. The quantitative estimate of drug-likeness (QED) is 0.865.